The number of ether oxygens (including phenoxy) is 3. The van der Waals surface area contributed by atoms with Crippen LogP contribution in [0.2, 0.25) is 0 Å². The van der Waals surface area contributed by atoms with Gasteiger partial charge in [0, 0.05) is 19.3 Å². The Bertz CT molecular complexity index is 1330. The molecule has 1 atom stereocenters. The second kappa shape index (κ2) is 57.2. The number of hydrogen-bond donors (Lipinski definition) is 0. The van der Waals surface area contributed by atoms with Crippen LogP contribution < -0.4 is 0 Å². The first-order chi connectivity index (χ1) is 34.0. The minimum Gasteiger partial charge on any atom is -0.462 e. The number of carbonyl (C=O) groups excluding carboxylic acids is 3. The molecule has 0 heterocycles. The van der Waals surface area contributed by atoms with E-state index in [1.165, 1.54) is 141 Å². The van der Waals surface area contributed by atoms with Crippen molar-refractivity contribution in [3.8, 4) is 0 Å². The maximum atomic E-state index is 12.9. The lowest BCUT2D eigenvalue weighted by Gasteiger charge is -2.18. The standard InChI is InChI=1S/C63H108O6/c1-4-7-10-13-16-19-22-25-27-29-31-33-35-38-41-44-47-50-53-56-62(65)68-59-60(58-67-61(64)55-52-49-46-43-40-37-24-21-18-15-12-9-6-3)69-63(66)57-54-51-48-45-42-39-36-34-32-30-28-26-23-20-17-14-11-8-5-2/h9,12,16-21,25-28,37,40,60H,4-8,10-11,13-15,22-24,29-36,38-39,41-59H2,1-3H3/b12-9-,19-16-,20-17-,21-18-,27-25-,28-26-,40-37-. The molecular formula is C63H108O6. The van der Waals surface area contributed by atoms with Crippen LogP contribution in [0.3, 0.4) is 0 Å². The highest BCUT2D eigenvalue weighted by atomic mass is 16.6. The number of allylic oxidation sites excluding steroid dienone is 14. The van der Waals surface area contributed by atoms with Gasteiger partial charge in [-0.3, -0.25) is 14.4 Å². The van der Waals surface area contributed by atoms with Crippen molar-refractivity contribution in [2.45, 2.75) is 284 Å². The van der Waals surface area contributed by atoms with E-state index in [0.29, 0.717) is 19.3 Å². The Morgan fingerprint density at radius 2 is 0.565 bits per heavy atom. The summed E-state index contributed by atoms with van der Waals surface area (Å²) in [5.41, 5.74) is 0. The summed E-state index contributed by atoms with van der Waals surface area (Å²) in [6, 6.07) is 0. The first-order valence-electron chi connectivity index (χ1n) is 29.1. The molecule has 0 amide bonds. The molecule has 0 spiro atoms. The molecule has 6 nitrogen and oxygen atoms in total. The van der Waals surface area contributed by atoms with Crippen LogP contribution >= 0.6 is 0 Å². The third kappa shape index (κ3) is 55.4. The van der Waals surface area contributed by atoms with E-state index in [9.17, 15) is 14.4 Å². The van der Waals surface area contributed by atoms with E-state index >= 15 is 0 Å². The summed E-state index contributed by atoms with van der Waals surface area (Å²) < 4.78 is 16.8. The number of unbranched alkanes of at least 4 members (excludes halogenated alkanes) is 27. The molecule has 0 radical (unpaired) electrons. The summed E-state index contributed by atoms with van der Waals surface area (Å²) in [5, 5.41) is 0. The number of esters is 3. The molecule has 0 fully saturated rings. The molecule has 0 aromatic carbocycles. The molecule has 0 aliphatic rings. The smallest absolute Gasteiger partial charge is 0.306 e. The monoisotopic (exact) mass is 961 g/mol. The van der Waals surface area contributed by atoms with Gasteiger partial charge in [0.15, 0.2) is 6.10 Å². The van der Waals surface area contributed by atoms with Gasteiger partial charge in [-0.15, -0.1) is 0 Å². The maximum absolute atomic E-state index is 12.9. The van der Waals surface area contributed by atoms with Crippen molar-refractivity contribution >= 4 is 17.9 Å². The summed E-state index contributed by atoms with van der Waals surface area (Å²) in [5.74, 6) is -0.922. The van der Waals surface area contributed by atoms with Gasteiger partial charge in [-0.05, 0) is 116 Å². The molecule has 396 valence electrons. The highest BCUT2D eigenvalue weighted by Gasteiger charge is 2.19. The van der Waals surface area contributed by atoms with Crippen LogP contribution in [0.5, 0.6) is 0 Å². The predicted molar refractivity (Wildman–Crippen MR) is 297 cm³/mol. The molecule has 69 heavy (non-hydrogen) atoms. The van der Waals surface area contributed by atoms with Crippen molar-refractivity contribution < 1.29 is 28.6 Å². The highest BCUT2D eigenvalue weighted by Crippen LogP contribution is 2.15. The lowest BCUT2D eigenvalue weighted by molar-refractivity contribution is -0.167. The third-order valence-electron chi connectivity index (χ3n) is 12.4. The summed E-state index contributed by atoms with van der Waals surface area (Å²) >= 11 is 0. The zero-order valence-electron chi connectivity index (χ0n) is 45.3. The van der Waals surface area contributed by atoms with Crippen LogP contribution in [0, 0.1) is 0 Å². The predicted octanol–water partition coefficient (Wildman–Crippen LogP) is 19.5. The van der Waals surface area contributed by atoms with E-state index < -0.39 is 6.10 Å². The van der Waals surface area contributed by atoms with Crippen LogP contribution in [-0.4, -0.2) is 37.2 Å². The van der Waals surface area contributed by atoms with E-state index in [1.807, 2.05) is 0 Å². The minimum absolute atomic E-state index is 0.0897. The van der Waals surface area contributed by atoms with E-state index in [1.54, 1.807) is 0 Å². The van der Waals surface area contributed by atoms with E-state index in [4.69, 9.17) is 14.2 Å². The average molecular weight is 962 g/mol. The molecule has 1 unspecified atom stereocenters. The number of carbonyl (C=O) groups is 3. The molecule has 0 saturated carbocycles. The average Bonchev–Trinajstić information content (AvgIpc) is 3.35. The van der Waals surface area contributed by atoms with Gasteiger partial charge in [0.25, 0.3) is 0 Å². The van der Waals surface area contributed by atoms with E-state index in [0.717, 1.165) is 96.3 Å². The first kappa shape index (κ1) is 65.6. The Kier molecular flexibility index (Phi) is 54.3. The topological polar surface area (TPSA) is 78.9 Å². The summed E-state index contributed by atoms with van der Waals surface area (Å²) in [7, 11) is 0. The Morgan fingerprint density at radius 3 is 0.899 bits per heavy atom. The summed E-state index contributed by atoms with van der Waals surface area (Å²) in [6.45, 7) is 6.46. The largest absolute Gasteiger partial charge is 0.462 e. The van der Waals surface area contributed by atoms with Crippen molar-refractivity contribution in [1.82, 2.24) is 0 Å². The molecule has 0 saturated heterocycles. The molecule has 0 rings (SSSR count). The van der Waals surface area contributed by atoms with Gasteiger partial charge in [-0.25, -0.2) is 0 Å². The van der Waals surface area contributed by atoms with Gasteiger partial charge >= 0.3 is 17.9 Å². The van der Waals surface area contributed by atoms with Gasteiger partial charge < -0.3 is 14.2 Å². The molecule has 0 N–H and O–H groups in total. The van der Waals surface area contributed by atoms with E-state index in [2.05, 4.69) is 106 Å². The molecule has 0 bridgehead atoms. The first-order valence-corrected chi connectivity index (χ1v) is 29.1. The van der Waals surface area contributed by atoms with Crippen LogP contribution in [0.1, 0.15) is 278 Å². The molecule has 0 aromatic heterocycles. The molecule has 0 aliphatic heterocycles. The van der Waals surface area contributed by atoms with Gasteiger partial charge in [0.05, 0.1) is 0 Å². The Balaban J connectivity index is 4.39. The molecule has 0 aliphatic carbocycles. The fourth-order valence-corrected chi connectivity index (χ4v) is 7.99. The third-order valence-corrected chi connectivity index (χ3v) is 12.4. The fraction of sp³-hybridized carbons (Fsp3) is 0.730. The molecule has 6 heteroatoms. The Hall–Kier alpha value is -3.41. The molecule has 0 aromatic rings. The van der Waals surface area contributed by atoms with Gasteiger partial charge in [-0.1, -0.05) is 228 Å². The van der Waals surface area contributed by atoms with Crippen LogP contribution in [0.15, 0.2) is 85.1 Å². The number of rotatable bonds is 52. The van der Waals surface area contributed by atoms with Crippen molar-refractivity contribution in [1.29, 1.82) is 0 Å². The summed E-state index contributed by atoms with van der Waals surface area (Å²) in [6.07, 6.45) is 74.3. The lowest BCUT2D eigenvalue weighted by Crippen LogP contribution is -2.30. The minimum atomic E-state index is -0.793. The maximum Gasteiger partial charge on any atom is 0.306 e. The van der Waals surface area contributed by atoms with Crippen molar-refractivity contribution in [3.05, 3.63) is 85.1 Å². The fourth-order valence-electron chi connectivity index (χ4n) is 7.99. The second-order valence-electron chi connectivity index (χ2n) is 19.2. The van der Waals surface area contributed by atoms with Crippen LogP contribution in [0.4, 0.5) is 0 Å². The quantitative estimate of drug-likeness (QED) is 0.0262. The zero-order valence-corrected chi connectivity index (χ0v) is 45.3. The summed E-state index contributed by atoms with van der Waals surface area (Å²) in [4.78, 5) is 38.2. The Morgan fingerprint density at radius 1 is 0.304 bits per heavy atom. The highest BCUT2D eigenvalue weighted by molar-refractivity contribution is 5.71. The number of hydrogen-bond acceptors (Lipinski definition) is 6. The zero-order chi connectivity index (χ0) is 50.0. The van der Waals surface area contributed by atoms with Gasteiger partial charge in [0.2, 0.25) is 0 Å². The van der Waals surface area contributed by atoms with Gasteiger partial charge in [-0.2, -0.15) is 0 Å². The second-order valence-corrected chi connectivity index (χ2v) is 19.2. The van der Waals surface area contributed by atoms with E-state index in [-0.39, 0.29) is 31.1 Å². The SMILES string of the molecule is CC/C=C\C/C=C\C/C=C\CCCCCC(=O)OCC(COC(=O)CCCCCCCCCCC/C=C\C/C=C\CCCCC)OC(=O)CCCCCCCCCCC/C=C\C/C=C\CCCCC. The van der Waals surface area contributed by atoms with Crippen molar-refractivity contribution in [2.75, 3.05) is 13.2 Å². The van der Waals surface area contributed by atoms with Crippen molar-refractivity contribution in [2.24, 2.45) is 0 Å². The van der Waals surface area contributed by atoms with Crippen molar-refractivity contribution in [3.63, 3.8) is 0 Å². The lowest BCUT2D eigenvalue weighted by atomic mass is 10.1. The normalized spacial score (nSPS) is 12.7. The molecular weight excluding hydrogens is 853 g/mol. The van der Waals surface area contributed by atoms with Crippen LogP contribution in [0.25, 0.3) is 0 Å². The van der Waals surface area contributed by atoms with Crippen LogP contribution in [-0.2, 0) is 28.6 Å². The Labute approximate surface area is 426 Å². The van der Waals surface area contributed by atoms with Gasteiger partial charge in [0.1, 0.15) is 13.2 Å².